The van der Waals surface area contributed by atoms with E-state index in [1.807, 2.05) is 0 Å². The summed E-state index contributed by atoms with van der Waals surface area (Å²) in [6, 6.07) is 4.39. The number of hydrogen-bond acceptors (Lipinski definition) is 3. The summed E-state index contributed by atoms with van der Waals surface area (Å²) < 4.78 is 11.3. The van der Waals surface area contributed by atoms with Crippen LogP contribution in [0.1, 0.15) is 38.3 Å². The van der Waals surface area contributed by atoms with Gasteiger partial charge in [0.15, 0.2) is 0 Å². The summed E-state index contributed by atoms with van der Waals surface area (Å²) in [5.41, 5.74) is 8.60. The molecular weight excluding hydrogens is 238 g/mol. The highest BCUT2D eigenvalue weighted by atomic mass is 16.5. The second-order valence-corrected chi connectivity index (χ2v) is 6.00. The first kappa shape index (κ1) is 14.2. The summed E-state index contributed by atoms with van der Waals surface area (Å²) in [7, 11) is 1.72. The van der Waals surface area contributed by atoms with Crippen molar-refractivity contribution in [3.05, 3.63) is 23.3 Å². The Morgan fingerprint density at radius 3 is 2.79 bits per heavy atom. The van der Waals surface area contributed by atoms with E-state index in [0.29, 0.717) is 5.92 Å². The predicted molar refractivity (Wildman–Crippen MR) is 77.9 cm³/mol. The first-order valence-electron chi connectivity index (χ1n) is 7.11. The average Bonchev–Trinajstić information content (AvgIpc) is 2.65. The normalized spacial score (nSPS) is 19.2. The minimum absolute atomic E-state index is 0.172. The van der Waals surface area contributed by atoms with E-state index in [-0.39, 0.29) is 12.1 Å². The van der Waals surface area contributed by atoms with E-state index in [9.17, 15) is 0 Å². The highest BCUT2D eigenvalue weighted by Gasteiger charge is 2.22. The number of rotatable bonds is 5. The van der Waals surface area contributed by atoms with Crippen LogP contribution in [0.15, 0.2) is 12.1 Å². The van der Waals surface area contributed by atoms with Gasteiger partial charge in [-0.3, -0.25) is 0 Å². The molecule has 0 saturated heterocycles. The molecule has 3 nitrogen and oxygen atoms in total. The van der Waals surface area contributed by atoms with Crippen molar-refractivity contribution in [2.75, 3.05) is 7.11 Å². The first-order valence-corrected chi connectivity index (χ1v) is 7.11. The number of nitrogens with two attached hydrogens (primary N) is 1. The van der Waals surface area contributed by atoms with E-state index >= 15 is 0 Å². The summed E-state index contributed by atoms with van der Waals surface area (Å²) in [5, 5.41) is 0. The van der Waals surface area contributed by atoms with Crippen molar-refractivity contribution >= 4 is 0 Å². The summed E-state index contributed by atoms with van der Waals surface area (Å²) in [4.78, 5) is 0. The lowest BCUT2D eigenvalue weighted by atomic mass is 9.96. The predicted octanol–water partition coefficient (Wildman–Crippen LogP) is 2.93. The van der Waals surface area contributed by atoms with E-state index in [1.54, 1.807) is 7.11 Å². The minimum Gasteiger partial charge on any atom is -0.496 e. The summed E-state index contributed by atoms with van der Waals surface area (Å²) in [6.07, 6.45) is 3.09. The van der Waals surface area contributed by atoms with Gasteiger partial charge in [0.25, 0.3) is 0 Å². The van der Waals surface area contributed by atoms with E-state index < -0.39 is 0 Å². The molecule has 1 aromatic carbocycles. The molecular formula is C16H25NO2. The van der Waals surface area contributed by atoms with Crippen molar-refractivity contribution in [2.24, 2.45) is 11.7 Å². The van der Waals surface area contributed by atoms with Crippen LogP contribution in [0.2, 0.25) is 0 Å². The lowest BCUT2D eigenvalue weighted by Gasteiger charge is -2.17. The monoisotopic (exact) mass is 263 g/mol. The maximum absolute atomic E-state index is 6.21. The number of methoxy groups -OCH3 is 1. The van der Waals surface area contributed by atoms with Crippen LogP contribution in [0, 0.1) is 5.92 Å². The molecule has 0 radical (unpaired) electrons. The van der Waals surface area contributed by atoms with Gasteiger partial charge in [-0.25, -0.2) is 0 Å². The third-order valence-electron chi connectivity index (χ3n) is 3.56. The van der Waals surface area contributed by atoms with Gasteiger partial charge in [-0.15, -0.1) is 0 Å². The molecule has 0 spiro atoms. The molecule has 1 heterocycles. The number of benzene rings is 1. The van der Waals surface area contributed by atoms with Gasteiger partial charge >= 0.3 is 0 Å². The fourth-order valence-corrected chi connectivity index (χ4v) is 2.80. The fourth-order valence-electron chi connectivity index (χ4n) is 2.80. The van der Waals surface area contributed by atoms with E-state index in [0.717, 1.165) is 36.3 Å². The molecule has 0 bridgehead atoms. The maximum atomic E-state index is 6.21. The van der Waals surface area contributed by atoms with Crippen LogP contribution in [0.3, 0.4) is 0 Å². The Hall–Kier alpha value is -1.22. The first-order chi connectivity index (χ1) is 8.99. The van der Waals surface area contributed by atoms with Crippen molar-refractivity contribution < 1.29 is 9.47 Å². The molecule has 19 heavy (non-hydrogen) atoms. The molecule has 1 aliphatic heterocycles. The van der Waals surface area contributed by atoms with E-state index in [2.05, 4.69) is 32.9 Å². The highest BCUT2D eigenvalue weighted by molar-refractivity contribution is 5.49. The van der Waals surface area contributed by atoms with Gasteiger partial charge in [0.2, 0.25) is 0 Å². The van der Waals surface area contributed by atoms with Gasteiger partial charge in [0.05, 0.1) is 7.11 Å². The van der Waals surface area contributed by atoms with Gasteiger partial charge in [-0.2, -0.15) is 0 Å². The molecule has 106 valence electrons. The molecule has 1 aliphatic rings. The van der Waals surface area contributed by atoms with Crippen LogP contribution in [0.25, 0.3) is 0 Å². The Morgan fingerprint density at radius 1 is 1.42 bits per heavy atom. The van der Waals surface area contributed by atoms with E-state index in [4.69, 9.17) is 15.2 Å². The molecule has 2 N–H and O–H groups in total. The second kappa shape index (κ2) is 5.83. The lowest BCUT2D eigenvalue weighted by molar-refractivity contribution is 0.254. The zero-order valence-corrected chi connectivity index (χ0v) is 12.4. The highest BCUT2D eigenvalue weighted by Crippen LogP contribution is 2.35. The van der Waals surface area contributed by atoms with Crippen molar-refractivity contribution in [1.29, 1.82) is 0 Å². The Kier molecular flexibility index (Phi) is 4.35. The smallest absolute Gasteiger partial charge is 0.123 e. The summed E-state index contributed by atoms with van der Waals surface area (Å²) in [5.74, 6) is 2.56. The third-order valence-corrected chi connectivity index (χ3v) is 3.56. The van der Waals surface area contributed by atoms with Gasteiger partial charge in [0, 0.05) is 18.0 Å². The Bertz CT molecular complexity index is 443. The van der Waals surface area contributed by atoms with Crippen molar-refractivity contribution in [1.82, 2.24) is 0 Å². The molecule has 0 amide bonds. The SMILES string of the molecule is COc1cc2c(cc1CC(N)CC(C)C)OC(C)C2. The summed E-state index contributed by atoms with van der Waals surface area (Å²) in [6.45, 7) is 6.49. The van der Waals surface area contributed by atoms with Gasteiger partial charge < -0.3 is 15.2 Å². The van der Waals surface area contributed by atoms with Gasteiger partial charge in [-0.1, -0.05) is 13.8 Å². The molecule has 0 aromatic heterocycles. The van der Waals surface area contributed by atoms with Crippen molar-refractivity contribution in [3.63, 3.8) is 0 Å². The molecule has 0 saturated carbocycles. The van der Waals surface area contributed by atoms with Crippen molar-refractivity contribution in [3.8, 4) is 11.5 Å². The van der Waals surface area contributed by atoms with Crippen molar-refractivity contribution in [2.45, 2.75) is 52.2 Å². The third kappa shape index (κ3) is 3.41. The zero-order valence-electron chi connectivity index (χ0n) is 12.4. The number of hydrogen-bond donors (Lipinski definition) is 1. The maximum Gasteiger partial charge on any atom is 0.123 e. The van der Waals surface area contributed by atoms with Crippen LogP contribution in [-0.2, 0) is 12.8 Å². The largest absolute Gasteiger partial charge is 0.496 e. The number of ether oxygens (including phenoxy) is 2. The molecule has 1 aromatic rings. The van der Waals surface area contributed by atoms with Crippen LogP contribution in [0.5, 0.6) is 11.5 Å². The molecule has 2 rings (SSSR count). The zero-order chi connectivity index (χ0) is 14.0. The van der Waals surface area contributed by atoms with Crippen LogP contribution in [0.4, 0.5) is 0 Å². The Morgan fingerprint density at radius 2 is 2.16 bits per heavy atom. The quantitative estimate of drug-likeness (QED) is 0.888. The Balaban J connectivity index is 2.18. The van der Waals surface area contributed by atoms with Gasteiger partial charge in [0.1, 0.15) is 17.6 Å². The Labute approximate surface area is 116 Å². The summed E-state index contributed by atoms with van der Waals surface area (Å²) >= 11 is 0. The molecule has 2 unspecified atom stereocenters. The lowest BCUT2D eigenvalue weighted by Crippen LogP contribution is -2.24. The minimum atomic E-state index is 0.172. The molecule has 0 aliphatic carbocycles. The van der Waals surface area contributed by atoms with Crippen LogP contribution >= 0.6 is 0 Å². The standard InChI is InChI=1S/C16H25NO2/c1-10(2)5-14(17)7-13-9-16-12(6-11(3)19-16)8-15(13)18-4/h8-11,14H,5-7,17H2,1-4H3. The molecule has 0 fully saturated rings. The molecule has 3 heteroatoms. The number of fused-ring (bicyclic) bond motifs is 1. The van der Waals surface area contributed by atoms with Crippen LogP contribution < -0.4 is 15.2 Å². The average molecular weight is 263 g/mol. The topological polar surface area (TPSA) is 44.5 Å². The van der Waals surface area contributed by atoms with Crippen LogP contribution in [-0.4, -0.2) is 19.3 Å². The van der Waals surface area contributed by atoms with Gasteiger partial charge in [-0.05, 0) is 43.4 Å². The molecule has 2 atom stereocenters. The van der Waals surface area contributed by atoms with E-state index in [1.165, 1.54) is 5.56 Å². The fraction of sp³-hybridized carbons (Fsp3) is 0.625. The second-order valence-electron chi connectivity index (χ2n) is 6.00.